The maximum atomic E-state index is 13.7. The molecule has 0 saturated heterocycles. The first kappa shape index (κ1) is 20.5. The van der Waals surface area contributed by atoms with Gasteiger partial charge in [-0.05, 0) is 61.0 Å². The first-order valence-corrected chi connectivity index (χ1v) is 10.2. The van der Waals surface area contributed by atoms with Crippen molar-refractivity contribution in [3.8, 4) is 0 Å². The van der Waals surface area contributed by atoms with Gasteiger partial charge in [-0.1, -0.05) is 24.3 Å². The average Bonchev–Trinajstić information content (AvgIpc) is 2.70. The number of rotatable bonds is 6. The molecule has 3 aromatic rings. The predicted octanol–water partition coefficient (Wildman–Crippen LogP) is 4.26. The molecule has 0 aliphatic rings. The van der Waals surface area contributed by atoms with Gasteiger partial charge in [-0.25, -0.2) is 17.2 Å². The van der Waals surface area contributed by atoms with E-state index in [0.717, 1.165) is 11.6 Å². The highest BCUT2D eigenvalue weighted by atomic mass is 32.2. The molecule has 0 saturated carbocycles. The van der Waals surface area contributed by atoms with Gasteiger partial charge in [0, 0.05) is 5.56 Å². The zero-order valence-electron chi connectivity index (χ0n) is 15.4. The van der Waals surface area contributed by atoms with Crippen LogP contribution in [0.1, 0.15) is 28.9 Å². The quantitative estimate of drug-likeness (QED) is 0.631. The number of para-hydroxylation sites is 1. The summed E-state index contributed by atoms with van der Waals surface area (Å²) < 4.78 is 53.7. The Labute approximate surface area is 167 Å². The highest BCUT2D eigenvalue weighted by molar-refractivity contribution is 7.92. The maximum absolute atomic E-state index is 13.7. The lowest BCUT2D eigenvalue weighted by atomic mass is 10.1. The molecule has 8 heteroatoms. The first-order chi connectivity index (χ1) is 13.8. The van der Waals surface area contributed by atoms with E-state index in [-0.39, 0.29) is 28.0 Å². The van der Waals surface area contributed by atoms with Crippen molar-refractivity contribution in [1.82, 2.24) is 5.32 Å². The molecule has 1 amide bonds. The lowest BCUT2D eigenvalue weighted by Gasteiger charge is -2.15. The van der Waals surface area contributed by atoms with Gasteiger partial charge in [0.1, 0.15) is 11.6 Å². The fraction of sp³-hybridized carbons (Fsp3) is 0.0952. The molecule has 3 aromatic carbocycles. The third-order valence-electron chi connectivity index (χ3n) is 4.26. The number of carbonyl (C=O) groups excluding carboxylic acids is 1. The zero-order chi connectivity index (χ0) is 21.0. The SMILES string of the molecule is C[C@@H](NC(=O)c1ccc(S(=O)(=O)Nc2ccccc2F)cc1)c1ccc(F)cc1. The van der Waals surface area contributed by atoms with Crippen LogP contribution in [0.25, 0.3) is 0 Å². The standard InChI is InChI=1S/C21H18F2N2O3S/c1-14(15-6-10-17(22)11-7-15)24-21(26)16-8-12-18(13-9-16)29(27,28)25-20-5-3-2-4-19(20)23/h2-14,25H,1H3,(H,24,26)/t14-/m1/s1. The topological polar surface area (TPSA) is 75.3 Å². The number of hydrogen-bond acceptors (Lipinski definition) is 3. The molecule has 0 heterocycles. The summed E-state index contributed by atoms with van der Waals surface area (Å²) in [5.41, 5.74) is 0.819. The molecule has 29 heavy (non-hydrogen) atoms. The van der Waals surface area contributed by atoms with Gasteiger partial charge in [-0.2, -0.15) is 0 Å². The van der Waals surface area contributed by atoms with Gasteiger partial charge in [0.05, 0.1) is 16.6 Å². The predicted molar refractivity (Wildman–Crippen MR) is 106 cm³/mol. The Kier molecular flexibility index (Phi) is 5.93. The lowest BCUT2D eigenvalue weighted by molar-refractivity contribution is 0.0940. The number of benzene rings is 3. The minimum Gasteiger partial charge on any atom is -0.346 e. The molecule has 0 unspecified atom stereocenters. The fourth-order valence-electron chi connectivity index (χ4n) is 2.65. The van der Waals surface area contributed by atoms with Crippen LogP contribution in [-0.2, 0) is 10.0 Å². The largest absolute Gasteiger partial charge is 0.346 e. The molecular weight excluding hydrogens is 398 g/mol. The van der Waals surface area contributed by atoms with Crippen LogP contribution in [0, 0.1) is 11.6 Å². The Morgan fingerprint density at radius 1 is 0.897 bits per heavy atom. The van der Waals surface area contributed by atoms with Crippen LogP contribution in [0.4, 0.5) is 14.5 Å². The van der Waals surface area contributed by atoms with Crippen LogP contribution in [0.5, 0.6) is 0 Å². The van der Waals surface area contributed by atoms with Gasteiger partial charge < -0.3 is 5.32 Å². The van der Waals surface area contributed by atoms with E-state index in [1.807, 2.05) is 0 Å². The monoisotopic (exact) mass is 416 g/mol. The van der Waals surface area contributed by atoms with Crippen LogP contribution in [-0.4, -0.2) is 14.3 Å². The smallest absolute Gasteiger partial charge is 0.261 e. The summed E-state index contributed by atoms with van der Waals surface area (Å²) in [4.78, 5) is 12.3. The van der Waals surface area contributed by atoms with Crippen LogP contribution in [0.15, 0.2) is 77.7 Å². The number of amides is 1. The minimum atomic E-state index is -4.01. The third kappa shape index (κ3) is 4.97. The molecule has 0 fully saturated rings. The van der Waals surface area contributed by atoms with Gasteiger partial charge in [0.15, 0.2) is 0 Å². The van der Waals surface area contributed by atoms with Gasteiger partial charge in [-0.15, -0.1) is 0 Å². The molecule has 0 aliphatic heterocycles. The normalized spacial score (nSPS) is 12.2. The van der Waals surface area contributed by atoms with Crippen molar-refractivity contribution in [3.63, 3.8) is 0 Å². The van der Waals surface area contributed by atoms with E-state index in [1.165, 1.54) is 54.6 Å². The van der Waals surface area contributed by atoms with E-state index in [4.69, 9.17) is 0 Å². The number of anilines is 1. The van der Waals surface area contributed by atoms with Crippen LogP contribution < -0.4 is 10.0 Å². The molecule has 0 radical (unpaired) electrons. The Morgan fingerprint density at radius 3 is 2.14 bits per heavy atom. The van der Waals surface area contributed by atoms with E-state index in [9.17, 15) is 22.0 Å². The van der Waals surface area contributed by atoms with Crippen molar-refractivity contribution < 1.29 is 22.0 Å². The summed E-state index contributed by atoms with van der Waals surface area (Å²) in [5, 5.41) is 2.76. The number of carbonyl (C=O) groups is 1. The summed E-state index contributed by atoms with van der Waals surface area (Å²) in [5.74, 6) is -1.47. The van der Waals surface area contributed by atoms with E-state index in [2.05, 4.69) is 10.0 Å². The van der Waals surface area contributed by atoms with Crippen molar-refractivity contribution in [2.45, 2.75) is 17.9 Å². The zero-order valence-corrected chi connectivity index (χ0v) is 16.2. The molecule has 0 bridgehead atoms. The van der Waals surface area contributed by atoms with Gasteiger partial charge >= 0.3 is 0 Å². The Hall–Kier alpha value is -3.26. The Bertz CT molecular complexity index is 1120. The second kappa shape index (κ2) is 8.40. The van der Waals surface area contributed by atoms with Crippen molar-refractivity contribution in [2.24, 2.45) is 0 Å². The van der Waals surface area contributed by atoms with Gasteiger partial charge in [0.2, 0.25) is 0 Å². The molecule has 5 nitrogen and oxygen atoms in total. The fourth-order valence-corrected chi connectivity index (χ4v) is 3.72. The molecule has 1 atom stereocenters. The van der Waals surface area contributed by atoms with Crippen LogP contribution >= 0.6 is 0 Å². The van der Waals surface area contributed by atoms with Crippen molar-refractivity contribution in [2.75, 3.05) is 4.72 Å². The highest BCUT2D eigenvalue weighted by Crippen LogP contribution is 2.20. The number of nitrogens with one attached hydrogen (secondary N) is 2. The van der Waals surface area contributed by atoms with Crippen molar-refractivity contribution >= 4 is 21.6 Å². The summed E-state index contributed by atoms with van der Waals surface area (Å²) in [7, 11) is -4.01. The molecule has 150 valence electrons. The second-order valence-corrected chi connectivity index (χ2v) is 8.04. The van der Waals surface area contributed by atoms with E-state index in [0.29, 0.717) is 0 Å². The lowest BCUT2D eigenvalue weighted by Crippen LogP contribution is -2.26. The highest BCUT2D eigenvalue weighted by Gasteiger charge is 2.17. The number of hydrogen-bond donors (Lipinski definition) is 2. The van der Waals surface area contributed by atoms with E-state index >= 15 is 0 Å². The Morgan fingerprint density at radius 2 is 1.52 bits per heavy atom. The Balaban J connectivity index is 1.71. The van der Waals surface area contributed by atoms with Crippen LogP contribution in [0.3, 0.4) is 0 Å². The maximum Gasteiger partial charge on any atom is 0.261 e. The third-order valence-corrected chi connectivity index (χ3v) is 5.64. The molecule has 0 aromatic heterocycles. The number of sulfonamides is 1. The number of halogens is 2. The van der Waals surface area contributed by atoms with Gasteiger partial charge in [-0.3, -0.25) is 9.52 Å². The summed E-state index contributed by atoms with van der Waals surface area (Å²) in [6, 6.07) is 16.1. The van der Waals surface area contributed by atoms with Crippen LogP contribution in [0.2, 0.25) is 0 Å². The van der Waals surface area contributed by atoms with E-state index in [1.54, 1.807) is 19.1 Å². The first-order valence-electron chi connectivity index (χ1n) is 8.70. The molecule has 2 N–H and O–H groups in total. The van der Waals surface area contributed by atoms with E-state index < -0.39 is 21.7 Å². The molecular formula is C21H18F2N2O3S. The second-order valence-electron chi connectivity index (χ2n) is 6.36. The van der Waals surface area contributed by atoms with Crippen molar-refractivity contribution in [3.05, 3.63) is 95.6 Å². The van der Waals surface area contributed by atoms with Gasteiger partial charge in [0.25, 0.3) is 15.9 Å². The molecule has 0 aliphatic carbocycles. The summed E-state index contributed by atoms with van der Waals surface area (Å²) in [6.45, 7) is 1.75. The molecule has 3 rings (SSSR count). The summed E-state index contributed by atoms with van der Waals surface area (Å²) >= 11 is 0. The summed E-state index contributed by atoms with van der Waals surface area (Å²) in [6.07, 6.45) is 0. The minimum absolute atomic E-state index is 0.108. The molecule has 0 spiro atoms. The van der Waals surface area contributed by atoms with Crippen molar-refractivity contribution in [1.29, 1.82) is 0 Å². The average molecular weight is 416 g/mol.